The van der Waals surface area contributed by atoms with Gasteiger partial charge in [-0.2, -0.15) is 0 Å². The van der Waals surface area contributed by atoms with Crippen LogP contribution in [0.2, 0.25) is 5.02 Å². The number of benzene rings is 2. The van der Waals surface area contributed by atoms with E-state index in [0.717, 1.165) is 0 Å². The molecule has 2 aromatic carbocycles. The van der Waals surface area contributed by atoms with E-state index in [0.29, 0.717) is 28.6 Å². The minimum atomic E-state index is -0.550. The molecule has 0 saturated carbocycles. The van der Waals surface area contributed by atoms with Crippen LogP contribution in [-0.2, 0) is 19.1 Å². The summed E-state index contributed by atoms with van der Waals surface area (Å²) in [5, 5.41) is 5.72. The summed E-state index contributed by atoms with van der Waals surface area (Å²) in [6, 6.07) is 13.7. The van der Waals surface area contributed by atoms with Crippen molar-refractivity contribution < 1.29 is 23.9 Å². The largest absolute Gasteiger partial charge is 0.497 e. The number of amides is 2. The number of carbonyl (C=O) groups is 3. The second-order valence-corrected chi connectivity index (χ2v) is 6.23. The van der Waals surface area contributed by atoms with Crippen molar-refractivity contribution in [3.8, 4) is 5.75 Å². The van der Waals surface area contributed by atoms with E-state index in [1.54, 1.807) is 48.5 Å². The molecule has 0 aliphatic carbocycles. The molecule has 148 valence electrons. The van der Waals surface area contributed by atoms with Gasteiger partial charge in [0.2, 0.25) is 5.91 Å². The van der Waals surface area contributed by atoms with Crippen molar-refractivity contribution in [2.24, 2.45) is 0 Å². The first-order valence-electron chi connectivity index (χ1n) is 8.62. The van der Waals surface area contributed by atoms with Crippen molar-refractivity contribution >= 4 is 40.8 Å². The lowest BCUT2D eigenvalue weighted by molar-refractivity contribution is -0.147. The minimum Gasteiger partial charge on any atom is -0.497 e. The number of nitrogens with one attached hydrogen (secondary N) is 2. The number of rotatable bonds is 9. The fraction of sp³-hybridized carbons (Fsp3) is 0.250. The standard InChI is InChI=1S/C20H21ClN2O5/c1-27-15-7-4-6-14(12-15)22-19(25)13-28-20(26)11-5-10-18(24)23-17-9-3-2-8-16(17)21/h2-4,6-9,12H,5,10-11,13H2,1H3,(H,22,25)(H,23,24). The number of anilines is 2. The molecule has 0 atom stereocenters. The van der Waals surface area contributed by atoms with Gasteiger partial charge in [-0.25, -0.2) is 0 Å². The Morgan fingerprint density at radius 3 is 2.50 bits per heavy atom. The Bertz CT molecular complexity index is 841. The first-order chi connectivity index (χ1) is 13.5. The maximum atomic E-state index is 11.9. The van der Waals surface area contributed by atoms with E-state index in [1.165, 1.54) is 7.11 Å². The van der Waals surface area contributed by atoms with Crippen molar-refractivity contribution in [1.82, 2.24) is 0 Å². The Balaban J connectivity index is 1.64. The molecule has 0 heterocycles. The number of esters is 1. The van der Waals surface area contributed by atoms with Crippen LogP contribution in [0.4, 0.5) is 11.4 Å². The van der Waals surface area contributed by atoms with Crippen LogP contribution in [-0.4, -0.2) is 31.5 Å². The molecule has 0 bridgehead atoms. The van der Waals surface area contributed by atoms with E-state index >= 15 is 0 Å². The maximum absolute atomic E-state index is 11.9. The lowest BCUT2D eigenvalue weighted by Crippen LogP contribution is -2.21. The second-order valence-electron chi connectivity index (χ2n) is 5.82. The molecule has 2 N–H and O–H groups in total. The third kappa shape index (κ3) is 7.28. The van der Waals surface area contributed by atoms with Crippen LogP contribution >= 0.6 is 11.6 Å². The number of methoxy groups -OCH3 is 1. The Hall–Kier alpha value is -3.06. The van der Waals surface area contributed by atoms with Crippen LogP contribution in [0.3, 0.4) is 0 Å². The highest BCUT2D eigenvalue weighted by Gasteiger charge is 2.10. The number of carbonyl (C=O) groups excluding carboxylic acids is 3. The highest BCUT2D eigenvalue weighted by Crippen LogP contribution is 2.20. The first-order valence-corrected chi connectivity index (χ1v) is 8.99. The average molecular weight is 405 g/mol. The molecule has 0 aliphatic heterocycles. The molecule has 0 aromatic heterocycles. The Morgan fingerprint density at radius 1 is 0.964 bits per heavy atom. The molecule has 0 aliphatic rings. The van der Waals surface area contributed by atoms with Crippen LogP contribution < -0.4 is 15.4 Å². The number of para-hydroxylation sites is 1. The number of hydrogen-bond acceptors (Lipinski definition) is 5. The number of ether oxygens (including phenoxy) is 2. The summed E-state index contributed by atoms with van der Waals surface area (Å²) in [5.74, 6) is -0.661. The minimum absolute atomic E-state index is 0.0301. The molecule has 7 nitrogen and oxygen atoms in total. The van der Waals surface area contributed by atoms with E-state index < -0.39 is 18.5 Å². The Morgan fingerprint density at radius 2 is 1.75 bits per heavy atom. The van der Waals surface area contributed by atoms with Crippen LogP contribution in [0.1, 0.15) is 19.3 Å². The molecule has 0 spiro atoms. The summed E-state index contributed by atoms with van der Waals surface area (Å²) in [6.07, 6.45) is 0.464. The van der Waals surface area contributed by atoms with Gasteiger partial charge in [-0.3, -0.25) is 14.4 Å². The van der Waals surface area contributed by atoms with Gasteiger partial charge in [-0.15, -0.1) is 0 Å². The SMILES string of the molecule is COc1cccc(NC(=O)COC(=O)CCCC(=O)Nc2ccccc2Cl)c1. The summed E-state index contributed by atoms with van der Waals surface area (Å²) in [5.41, 5.74) is 1.06. The third-order valence-electron chi connectivity index (χ3n) is 3.65. The number of hydrogen-bond donors (Lipinski definition) is 2. The zero-order chi connectivity index (χ0) is 20.4. The Labute approximate surface area is 168 Å². The molecule has 28 heavy (non-hydrogen) atoms. The fourth-order valence-electron chi connectivity index (χ4n) is 2.28. The molecule has 2 rings (SSSR count). The van der Waals surface area contributed by atoms with Crippen molar-refractivity contribution in [3.63, 3.8) is 0 Å². The lowest BCUT2D eigenvalue weighted by atomic mass is 10.2. The predicted octanol–water partition coefficient (Wildman–Crippen LogP) is 3.64. The third-order valence-corrected chi connectivity index (χ3v) is 3.98. The van der Waals surface area contributed by atoms with Gasteiger partial charge in [0.05, 0.1) is 17.8 Å². The molecule has 0 radical (unpaired) electrons. The highest BCUT2D eigenvalue weighted by atomic mass is 35.5. The van der Waals surface area contributed by atoms with Gasteiger partial charge in [-0.1, -0.05) is 29.8 Å². The number of halogens is 1. The van der Waals surface area contributed by atoms with E-state index in [1.807, 2.05) is 0 Å². The smallest absolute Gasteiger partial charge is 0.306 e. The lowest BCUT2D eigenvalue weighted by Gasteiger charge is -2.08. The van der Waals surface area contributed by atoms with Crippen LogP contribution in [0, 0.1) is 0 Å². The van der Waals surface area contributed by atoms with Gasteiger partial charge >= 0.3 is 5.97 Å². The maximum Gasteiger partial charge on any atom is 0.306 e. The van der Waals surface area contributed by atoms with Gasteiger partial charge in [0.1, 0.15) is 5.75 Å². The molecular formula is C20H21ClN2O5. The van der Waals surface area contributed by atoms with Gasteiger partial charge in [0, 0.05) is 24.6 Å². The highest BCUT2D eigenvalue weighted by molar-refractivity contribution is 6.33. The summed E-state index contributed by atoms with van der Waals surface area (Å²) >= 11 is 5.96. The van der Waals surface area contributed by atoms with Gasteiger partial charge in [-0.05, 0) is 30.7 Å². The zero-order valence-corrected chi connectivity index (χ0v) is 16.1. The molecule has 8 heteroatoms. The van der Waals surface area contributed by atoms with Crippen molar-refractivity contribution in [1.29, 1.82) is 0 Å². The molecule has 0 fully saturated rings. The normalized spacial score (nSPS) is 10.1. The van der Waals surface area contributed by atoms with Crippen molar-refractivity contribution in [2.75, 3.05) is 24.4 Å². The average Bonchev–Trinajstić information content (AvgIpc) is 2.68. The van der Waals surface area contributed by atoms with Crippen LogP contribution in [0.15, 0.2) is 48.5 Å². The van der Waals surface area contributed by atoms with Crippen molar-refractivity contribution in [3.05, 3.63) is 53.6 Å². The molecule has 0 unspecified atom stereocenters. The summed E-state index contributed by atoms with van der Waals surface area (Å²) in [7, 11) is 1.53. The van der Waals surface area contributed by atoms with Gasteiger partial charge in [0.25, 0.3) is 5.91 Å². The first kappa shape index (κ1) is 21.2. The second kappa shape index (κ2) is 10.9. The summed E-state index contributed by atoms with van der Waals surface area (Å²) < 4.78 is 9.98. The topological polar surface area (TPSA) is 93.7 Å². The molecule has 0 saturated heterocycles. The van der Waals surface area contributed by atoms with E-state index in [4.69, 9.17) is 21.1 Å². The van der Waals surface area contributed by atoms with Crippen molar-refractivity contribution in [2.45, 2.75) is 19.3 Å². The van der Waals surface area contributed by atoms with E-state index in [-0.39, 0.29) is 18.7 Å². The monoisotopic (exact) mass is 404 g/mol. The molecular weight excluding hydrogens is 384 g/mol. The van der Waals surface area contributed by atoms with E-state index in [9.17, 15) is 14.4 Å². The molecule has 2 aromatic rings. The molecule has 2 amide bonds. The zero-order valence-electron chi connectivity index (χ0n) is 15.4. The van der Waals surface area contributed by atoms with Gasteiger partial charge in [0.15, 0.2) is 6.61 Å². The summed E-state index contributed by atoms with van der Waals surface area (Å²) in [6.45, 7) is -0.401. The quantitative estimate of drug-likeness (QED) is 0.622. The van der Waals surface area contributed by atoms with Crippen LogP contribution in [0.25, 0.3) is 0 Å². The predicted molar refractivity (Wildman–Crippen MR) is 107 cm³/mol. The van der Waals surface area contributed by atoms with Crippen LogP contribution in [0.5, 0.6) is 5.75 Å². The fourth-order valence-corrected chi connectivity index (χ4v) is 2.47. The van der Waals surface area contributed by atoms with Gasteiger partial charge < -0.3 is 20.1 Å². The van der Waals surface area contributed by atoms with E-state index in [2.05, 4.69) is 10.6 Å². The Kier molecular flexibility index (Phi) is 8.30. The summed E-state index contributed by atoms with van der Waals surface area (Å²) in [4.78, 5) is 35.4.